The van der Waals surface area contributed by atoms with E-state index in [1.807, 2.05) is 66.7 Å². The zero-order valence-corrected chi connectivity index (χ0v) is 14.7. The number of anilines is 2. The van der Waals surface area contributed by atoms with Crippen molar-refractivity contribution in [3.8, 4) is 5.75 Å². The van der Waals surface area contributed by atoms with Crippen molar-refractivity contribution < 1.29 is 9.53 Å². The quantitative estimate of drug-likeness (QED) is 0.669. The second-order valence-electron chi connectivity index (χ2n) is 5.92. The molecule has 0 radical (unpaired) electrons. The lowest BCUT2D eigenvalue weighted by atomic mass is 10.0. The Balaban J connectivity index is 1.64. The van der Waals surface area contributed by atoms with Crippen LogP contribution in [0.5, 0.6) is 5.75 Å². The molecular weight excluding hydrogens is 324 g/mol. The van der Waals surface area contributed by atoms with Gasteiger partial charge in [0.15, 0.2) is 0 Å². The number of hydrogen-bond donors (Lipinski definition) is 2. The first-order valence-corrected chi connectivity index (χ1v) is 8.55. The first kappa shape index (κ1) is 17.5. The van der Waals surface area contributed by atoms with Gasteiger partial charge in [-0.15, -0.1) is 0 Å². The zero-order valence-electron chi connectivity index (χ0n) is 14.7. The molecule has 3 aromatic rings. The number of amides is 1. The van der Waals surface area contributed by atoms with E-state index >= 15 is 0 Å². The van der Waals surface area contributed by atoms with Crippen LogP contribution in [0.3, 0.4) is 0 Å². The van der Waals surface area contributed by atoms with Crippen LogP contribution in [-0.4, -0.2) is 19.6 Å². The van der Waals surface area contributed by atoms with Crippen molar-refractivity contribution in [1.82, 2.24) is 0 Å². The highest BCUT2D eigenvalue weighted by Gasteiger charge is 2.08. The summed E-state index contributed by atoms with van der Waals surface area (Å²) < 4.78 is 5.29. The van der Waals surface area contributed by atoms with Crippen molar-refractivity contribution >= 4 is 17.3 Å². The van der Waals surface area contributed by atoms with E-state index in [4.69, 9.17) is 4.74 Å². The smallest absolute Gasteiger partial charge is 0.243 e. The fourth-order valence-corrected chi connectivity index (χ4v) is 2.77. The van der Waals surface area contributed by atoms with Gasteiger partial charge in [0.25, 0.3) is 0 Å². The average molecular weight is 346 g/mol. The van der Waals surface area contributed by atoms with Gasteiger partial charge < -0.3 is 15.4 Å². The Hall–Kier alpha value is -3.27. The van der Waals surface area contributed by atoms with Crippen molar-refractivity contribution in [3.63, 3.8) is 0 Å². The van der Waals surface area contributed by atoms with Crippen molar-refractivity contribution in [2.45, 2.75) is 6.42 Å². The highest BCUT2D eigenvalue weighted by Crippen LogP contribution is 2.23. The Kier molecular flexibility index (Phi) is 5.88. The van der Waals surface area contributed by atoms with Crippen LogP contribution in [0.1, 0.15) is 11.1 Å². The van der Waals surface area contributed by atoms with Gasteiger partial charge in [-0.2, -0.15) is 0 Å². The van der Waals surface area contributed by atoms with Gasteiger partial charge >= 0.3 is 0 Å². The van der Waals surface area contributed by atoms with Gasteiger partial charge in [0.05, 0.1) is 19.3 Å². The molecule has 0 aliphatic carbocycles. The minimum Gasteiger partial charge on any atom is -0.495 e. The predicted molar refractivity (Wildman–Crippen MR) is 106 cm³/mol. The van der Waals surface area contributed by atoms with Crippen molar-refractivity contribution in [3.05, 3.63) is 90.0 Å². The molecule has 0 atom stereocenters. The van der Waals surface area contributed by atoms with Crippen LogP contribution in [0.25, 0.3) is 0 Å². The fraction of sp³-hybridized carbons (Fsp3) is 0.136. The molecule has 0 aromatic heterocycles. The number of nitrogens with one attached hydrogen (secondary N) is 2. The summed E-state index contributed by atoms with van der Waals surface area (Å²) in [6.07, 6.45) is 0.775. The number of methoxy groups -OCH3 is 1. The molecule has 0 fully saturated rings. The normalized spacial score (nSPS) is 10.2. The molecule has 2 N–H and O–H groups in total. The van der Waals surface area contributed by atoms with Crippen LogP contribution in [0.2, 0.25) is 0 Å². The van der Waals surface area contributed by atoms with Gasteiger partial charge in [-0.1, -0.05) is 60.7 Å². The Bertz CT molecular complexity index is 863. The highest BCUT2D eigenvalue weighted by atomic mass is 16.5. The maximum atomic E-state index is 12.4. The van der Waals surface area contributed by atoms with Crippen LogP contribution >= 0.6 is 0 Å². The van der Waals surface area contributed by atoms with Crippen LogP contribution in [0, 0.1) is 0 Å². The Morgan fingerprint density at radius 2 is 1.50 bits per heavy atom. The summed E-state index contributed by atoms with van der Waals surface area (Å²) in [6, 6.07) is 25.6. The monoisotopic (exact) mass is 346 g/mol. The van der Waals surface area contributed by atoms with Gasteiger partial charge in [-0.3, -0.25) is 4.79 Å². The topological polar surface area (TPSA) is 50.4 Å². The van der Waals surface area contributed by atoms with E-state index in [0.29, 0.717) is 5.75 Å². The Morgan fingerprint density at radius 3 is 2.27 bits per heavy atom. The average Bonchev–Trinajstić information content (AvgIpc) is 2.69. The summed E-state index contributed by atoms with van der Waals surface area (Å²) in [6.45, 7) is 0.167. The largest absolute Gasteiger partial charge is 0.495 e. The SMILES string of the molecule is COc1ccccc1NCC(=O)Nc1ccccc1Cc1ccccc1. The maximum Gasteiger partial charge on any atom is 0.243 e. The van der Waals surface area contributed by atoms with Crippen LogP contribution in [0.15, 0.2) is 78.9 Å². The molecule has 3 rings (SSSR count). The summed E-state index contributed by atoms with van der Waals surface area (Å²) in [4.78, 5) is 12.4. The number of hydrogen-bond acceptors (Lipinski definition) is 3. The van der Waals surface area contributed by atoms with E-state index in [2.05, 4.69) is 22.8 Å². The molecule has 3 aromatic carbocycles. The summed E-state index contributed by atoms with van der Waals surface area (Å²) in [5.41, 5.74) is 3.93. The highest BCUT2D eigenvalue weighted by molar-refractivity contribution is 5.94. The minimum absolute atomic E-state index is 0.101. The Labute approximate surface area is 153 Å². The van der Waals surface area contributed by atoms with Gasteiger partial charge in [0.1, 0.15) is 5.75 Å². The molecule has 0 bridgehead atoms. The third-order valence-electron chi connectivity index (χ3n) is 4.08. The molecule has 4 nitrogen and oxygen atoms in total. The van der Waals surface area contributed by atoms with Gasteiger partial charge in [-0.05, 0) is 35.7 Å². The van der Waals surface area contributed by atoms with Crippen molar-refractivity contribution in [2.24, 2.45) is 0 Å². The molecule has 0 unspecified atom stereocenters. The lowest BCUT2D eigenvalue weighted by Crippen LogP contribution is -2.22. The van der Waals surface area contributed by atoms with E-state index < -0.39 is 0 Å². The van der Waals surface area contributed by atoms with E-state index in [1.54, 1.807) is 7.11 Å². The molecule has 0 aliphatic heterocycles. The maximum absolute atomic E-state index is 12.4. The lowest BCUT2D eigenvalue weighted by molar-refractivity contribution is -0.114. The number of rotatable bonds is 7. The van der Waals surface area contributed by atoms with E-state index in [9.17, 15) is 4.79 Å². The number of para-hydroxylation sites is 3. The molecular formula is C22H22N2O2. The molecule has 1 amide bonds. The predicted octanol–water partition coefficient (Wildman–Crippen LogP) is 4.34. The molecule has 0 saturated carbocycles. The van der Waals surface area contributed by atoms with Crippen molar-refractivity contribution in [2.75, 3.05) is 24.3 Å². The van der Waals surface area contributed by atoms with Gasteiger partial charge in [0, 0.05) is 5.69 Å². The molecule has 0 saturated heterocycles. The van der Waals surface area contributed by atoms with Gasteiger partial charge in [-0.25, -0.2) is 0 Å². The molecule has 4 heteroatoms. The number of carbonyl (C=O) groups excluding carboxylic acids is 1. The zero-order chi connectivity index (χ0) is 18.2. The molecule has 26 heavy (non-hydrogen) atoms. The molecule has 132 valence electrons. The Morgan fingerprint density at radius 1 is 0.846 bits per heavy atom. The fourth-order valence-electron chi connectivity index (χ4n) is 2.77. The lowest BCUT2D eigenvalue weighted by Gasteiger charge is -2.13. The van der Waals surface area contributed by atoms with Crippen molar-refractivity contribution in [1.29, 1.82) is 0 Å². The first-order valence-electron chi connectivity index (χ1n) is 8.55. The van der Waals surface area contributed by atoms with E-state index in [0.717, 1.165) is 23.4 Å². The summed E-state index contributed by atoms with van der Waals surface area (Å²) in [5, 5.41) is 6.11. The first-order chi connectivity index (χ1) is 12.8. The number of benzene rings is 3. The molecule has 0 heterocycles. The number of carbonyl (C=O) groups is 1. The van der Waals surface area contributed by atoms with Gasteiger partial charge in [0.2, 0.25) is 5.91 Å². The molecule has 0 aliphatic rings. The third kappa shape index (κ3) is 4.63. The second kappa shape index (κ2) is 8.72. The second-order valence-corrected chi connectivity index (χ2v) is 5.92. The van der Waals surface area contributed by atoms with E-state index in [-0.39, 0.29) is 12.5 Å². The van der Waals surface area contributed by atoms with Crippen LogP contribution < -0.4 is 15.4 Å². The van der Waals surface area contributed by atoms with Crippen LogP contribution in [-0.2, 0) is 11.2 Å². The van der Waals surface area contributed by atoms with E-state index in [1.165, 1.54) is 5.56 Å². The summed E-state index contributed by atoms with van der Waals surface area (Å²) >= 11 is 0. The number of ether oxygens (including phenoxy) is 1. The minimum atomic E-state index is -0.101. The summed E-state index contributed by atoms with van der Waals surface area (Å²) in [7, 11) is 1.61. The third-order valence-corrected chi connectivity index (χ3v) is 4.08. The van der Waals surface area contributed by atoms with Crippen LogP contribution in [0.4, 0.5) is 11.4 Å². The standard InChI is InChI=1S/C22H22N2O2/c1-26-21-14-8-7-13-20(21)23-16-22(25)24-19-12-6-5-11-18(19)15-17-9-3-2-4-10-17/h2-14,23H,15-16H2,1H3,(H,24,25). The molecule has 0 spiro atoms. The summed E-state index contributed by atoms with van der Waals surface area (Å²) in [5.74, 6) is 0.612.